The van der Waals surface area contributed by atoms with Crippen molar-refractivity contribution in [1.82, 2.24) is 4.90 Å². The van der Waals surface area contributed by atoms with E-state index in [0.717, 1.165) is 36.3 Å². The van der Waals surface area contributed by atoms with E-state index < -0.39 is 0 Å². The van der Waals surface area contributed by atoms with Crippen LogP contribution in [0.5, 0.6) is 0 Å². The second-order valence-corrected chi connectivity index (χ2v) is 5.92. The molecular formula is C20H26N2O. The fraction of sp³-hybridized carbons (Fsp3) is 0.350. The lowest BCUT2D eigenvalue weighted by atomic mass is 10.1. The van der Waals surface area contributed by atoms with Crippen LogP contribution in [0.15, 0.2) is 48.5 Å². The first kappa shape index (κ1) is 17.2. The number of amides is 1. The Morgan fingerprint density at radius 3 is 2.26 bits per heavy atom. The van der Waals surface area contributed by atoms with Gasteiger partial charge < -0.3 is 5.32 Å². The number of likely N-dealkylation sites (N-methyl/N-ethyl adjacent to an activating group) is 1. The maximum atomic E-state index is 12.3. The number of para-hydroxylation sites is 1. The number of carbonyl (C=O) groups excluding carboxylic acids is 1. The highest BCUT2D eigenvalue weighted by Gasteiger charge is 2.11. The SMILES string of the molecule is CCN(CCc1ccccc1)CC(=O)Nc1c(C)cccc1C. The highest BCUT2D eigenvalue weighted by Crippen LogP contribution is 2.19. The third kappa shape index (κ3) is 5.22. The molecule has 0 unspecified atom stereocenters. The molecule has 3 heteroatoms. The standard InChI is InChI=1S/C20H26N2O/c1-4-22(14-13-18-11-6-5-7-12-18)15-19(23)21-20-16(2)9-8-10-17(20)3/h5-12H,4,13-15H2,1-3H3,(H,21,23). The Balaban J connectivity index is 1.89. The normalized spacial score (nSPS) is 10.8. The highest BCUT2D eigenvalue weighted by molar-refractivity contribution is 5.93. The van der Waals surface area contributed by atoms with E-state index in [1.807, 2.05) is 38.1 Å². The Hall–Kier alpha value is -2.13. The number of benzene rings is 2. The van der Waals surface area contributed by atoms with Crippen molar-refractivity contribution in [3.05, 3.63) is 65.2 Å². The summed E-state index contributed by atoms with van der Waals surface area (Å²) in [5, 5.41) is 3.06. The van der Waals surface area contributed by atoms with Crippen LogP contribution in [0.2, 0.25) is 0 Å². The number of anilines is 1. The zero-order valence-electron chi connectivity index (χ0n) is 14.3. The molecule has 0 aliphatic heterocycles. The largest absolute Gasteiger partial charge is 0.324 e. The molecule has 1 amide bonds. The van der Waals surface area contributed by atoms with E-state index in [0.29, 0.717) is 6.54 Å². The molecule has 2 aromatic rings. The van der Waals surface area contributed by atoms with Gasteiger partial charge in [-0.05, 0) is 43.5 Å². The van der Waals surface area contributed by atoms with Gasteiger partial charge >= 0.3 is 0 Å². The van der Waals surface area contributed by atoms with Crippen LogP contribution < -0.4 is 5.32 Å². The minimum absolute atomic E-state index is 0.0531. The van der Waals surface area contributed by atoms with Gasteiger partial charge in [0, 0.05) is 12.2 Å². The minimum Gasteiger partial charge on any atom is -0.324 e. The average molecular weight is 310 g/mol. The third-order valence-electron chi connectivity index (χ3n) is 4.12. The first-order chi connectivity index (χ1) is 11.1. The van der Waals surface area contributed by atoms with Gasteiger partial charge in [0.25, 0.3) is 0 Å². The molecule has 0 aromatic heterocycles. The van der Waals surface area contributed by atoms with E-state index in [9.17, 15) is 4.79 Å². The Bertz CT molecular complexity index is 617. The van der Waals surface area contributed by atoms with Crippen molar-refractivity contribution in [2.45, 2.75) is 27.2 Å². The molecule has 2 aromatic carbocycles. The van der Waals surface area contributed by atoms with Gasteiger partial charge in [0.15, 0.2) is 0 Å². The fourth-order valence-electron chi connectivity index (χ4n) is 2.67. The van der Waals surface area contributed by atoms with Gasteiger partial charge in [-0.2, -0.15) is 0 Å². The summed E-state index contributed by atoms with van der Waals surface area (Å²) in [5.74, 6) is 0.0531. The summed E-state index contributed by atoms with van der Waals surface area (Å²) < 4.78 is 0. The van der Waals surface area contributed by atoms with Crippen molar-refractivity contribution < 1.29 is 4.79 Å². The monoisotopic (exact) mass is 310 g/mol. The molecule has 0 heterocycles. The van der Waals surface area contributed by atoms with Gasteiger partial charge in [0.2, 0.25) is 5.91 Å². The van der Waals surface area contributed by atoms with Crippen molar-refractivity contribution in [1.29, 1.82) is 0 Å². The smallest absolute Gasteiger partial charge is 0.238 e. The molecule has 0 spiro atoms. The van der Waals surface area contributed by atoms with Crippen LogP contribution >= 0.6 is 0 Å². The molecule has 2 rings (SSSR count). The summed E-state index contributed by atoms with van der Waals surface area (Å²) in [6.07, 6.45) is 0.964. The van der Waals surface area contributed by atoms with Gasteiger partial charge in [-0.1, -0.05) is 55.5 Å². The third-order valence-corrected chi connectivity index (χ3v) is 4.12. The molecule has 0 fully saturated rings. The molecule has 23 heavy (non-hydrogen) atoms. The second kappa shape index (κ2) is 8.49. The molecule has 0 saturated heterocycles. The van der Waals surface area contributed by atoms with Crippen LogP contribution in [-0.4, -0.2) is 30.4 Å². The quantitative estimate of drug-likeness (QED) is 0.843. The number of nitrogens with one attached hydrogen (secondary N) is 1. The molecule has 0 radical (unpaired) electrons. The Kier molecular flexibility index (Phi) is 6.36. The lowest BCUT2D eigenvalue weighted by Gasteiger charge is -2.20. The maximum Gasteiger partial charge on any atom is 0.238 e. The minimum atomic E-state index is 0.0531. The van der Waals surface area contributed by atoms with E-state index in [4.69, 9.17) is 0 Å². The highest BCUT2D eigenvalue weighted by atomic mass is 16.2. The first-order valence-electron chi connectivity index (χ1n) is 8.22. The lowest BCUT2D eigenvalue weighted by molar-refractivity contribution is -0.117. The molecule has 0 saturated carbocycles. The Labute approximate surface area is 139 Å². The topological polar surface area (TPSA) is 32.3 Å². The Morgan fingerprint density at radius 1 is 1.00 bits per heavy atom. The summed E-state index contributed by atoms with van der Waals surface area (Å²) in [5.41, 5.74) is 4.45. The van der Waals surface area contributed by atoms with Crippen LogP contribution in [0.25, 0.3) is 0 Å². The Morgan fingerprint density at radius 2 is 1.65 bits per heavy atom. The first-order valence-corrected chi connectivity index (χ1v) is 8.22. The van der Waals surface area contributed by atoms with Gasteiger partial charge in [0.1, 0.15) is 0 Å². The molecule has 0 aliphatic rings. The van der Waals surface area contributed by atoms with Crippen LogP contribution in [0.3, 0.4) is 0 Å². The van der Waals surface area contributed by atoms with E-state index >= 15 is 0 Å². The number of hydrogen-bond donors (Lipinski definition) is 1. The molecule has 1 N–H and O–H groups in total. The summed E-state index contributed by atoms with van der Waals surface area (Å²) in [7, 11) is 0. The van der Waals surface area contributed by atoms with Crippen molar-refractivity contribution >= 4 is 11.6 Å². The van der Waals surface area contributed by atoms with Gasteiger partial charge in [-0.25, -0.2) is 0 Å². The zero-order chi connectivity index (χ0) is 16.7. The summed E-state index contributed by atoms with van der Waals surface area (Å²) in [6.45, 7) is 8.33. The molecule has 0 bridgehead atoms. The molecule has 0 atom stereocenters. The summed E-state index contributed by atoms with van der Waals surface area (Å²) in [4.78, 5) is 14.5. The summed E-state index contributed by atoms with van der Waals surface area (Å²) in [6, 6.07) is 16.5. The van der Waals surface area contributed by atoms with Gasteiger partial charge in [0.05, 0.1) is 6.54 Å². The zero-order valence-corrected chi connectivity index (χ0v) is 14.3. The van der Waals surface area contributed by atoms with Crippen molar-refractivity contribution in [3.63, 3.8) is 0 Å². The molecule has 3 nitrogen and oxygen atoms in total. The van der Waals surface area contributed by atoms with E-state index in [1.165, 1.54) is 5.56 Å². The van der Waals surface area contributed by atoms with Gasteiger partial charge in [-0.15, -0.1) is 0 Å². The van der Waals surface area contributed by atoms with Crippen LogP contribution in [0, 0.1) is 13.8 Å². The van der Waals surface area contributed by atoms with Crippen molar-refractivity contribution in [2.24, 2.45) is 0 Å². The fourth-order valence-corrected chi connectivity index (χ4v) is 2.67. The number of hydrogen-bond acceptors (Lipinski definition) is 2. The molecular weight excluding hydrogens is 284 g/mol. The lowest BCUT2D eigenvalue weighted by Crippen LogP contribution is -2.34. The van der Waals surface area contributed by atoms with Crippen LogP contribution in [0.4, 0.5) is 5.69 Å². The summed E-state index contributed by atoms with van der Waals surface area (Å²) >= 11 is 0. The van der Waals surface area contributed by atoms with E-state index in [2.05, 4.69) is 41.4 Å². The average Bonchev–Trinajstić information content (AvgIpc) is 2.56. The number of carbonyl (C=O) groups is 1. The number of nitrogens with zero attached hydrogens (tertiary/aromatic N) is 1. The van der Waals surface area contributed by atoms with E-state index in [-0.39, 0.29) is 5.91 Å². The van der Waals surface area contributed by atoms with Crippen LogP contribution in [-0.2, 0) is 11.2 Å². The number of aryl methyl sites for hydroxylation is 2. The number of rotatable bonds is 7. The van der Waals surface area contributed by atoms with E-state index in [1.54, 1.807) is 0 Å². The maximum absolute atomic E-state index is 12.3. The predicted octanol–water partition coefficient (Wildman–Crippen LogP) is 3.81. The second-order valence-electron chi connectivity index (χ2n) is 5.92. The van der Waals surface area contributed by atoms with Crippen molar-refractivity contribution in [2.75, 3.05) is 25.0 Å². The van der Waals surface area contributed by atoms with Crippen molar-refractivity contribution in [3.8, 4) is 0 Å². The predicted molar refractivity (Wildman–Crippen MR) is 96.8 cm³/mol. The molecule has 122 valence electrons. The molecule has 0 aliphatic carbocycles. The van der Waals surface area contributed by atoms with Crippen LogP contribution in [0.1, 0.15) is 23.6 Å². The van der Waals surface area contributed by atoms with Gasteiger partial charge in [-0.3, -0.25) is 9.69 Å².